The van der Waals surface area contributed by atoms with Crippen molar-refractivity contribution < 1.29 is 9.18 Å². The molecule has 0 fully saturated rings. The Bertz CT molecular complexity index is 292. The fourth-order valence-electron chi connectivity index (χ4n) is 1.10. The molecule has 0 spiro atoms. The SMILES string of the molecule is CC(C)c1cc(F)ccc1[C]=O. The van der Waals surface area contributed by atoms with Crippen LogP contribution in [0.2, 0.25) is 0 Å². The molecule has 1 aromatic carbocycles. The van der Waals surface area contributed by atoms with Gasteiger partial charge in [-0.3, -0.25) is 4.79 Å². The third kappa shape index (κ3) is 1.70. The quantitative estimate of drug-likeness (QED) is 0.657. The van der Waals surface area contributed by atoms with E-state index < -0.39 is 0 Å². The van der Waals surface area contributed by atoms with Gasteiger partial charge in [-0.2, -0.15) is 0 Å². The Labute approximate surface area is 71.2 Å². The molecule has 2 heteroatoms. The normalized spacial score (nSPS) is 10.3. The smallest absolute Gasteiger partial charge is 0.233 e. The Kier molecular flexibility index (Phi) is 2.58. The predicted octanol–water partition coefficient (Wildman–Crippen LogP) is 2.41. The molecule has 63 valence electrons. The Morgan fingerprint density at radius 2 is 2.08 bits per heavy atom. The molecule has 0 saturated carbocycles. The summed E-state index contributed by atoms with van der Waals surface area (Å²) in [7, 11) is 0. The van der Waals surface area contributed by atoms with Gasteiger partial charge in [-0.25, -0.2) is 4.39 Å². The molecule has 0 aliphatic heterocycles. The van der Waals surface area contributed by atoms with Gasteiger partial charge in [-0.1, -0.05) is 13.8 Å². The van der Waals surface area contributed by atoms with Gasteiger partial charge < -0.3 is 0 Å². The summed E-state index contributed by atoms with van der Waals surface area (Å²) in [5.41, 5.74) is 1.16. The van der Waals surface area contributed by atoms with Crippen LogP contribution in [-0.2, 0) is 4.79 Å². The minimum Gasteiger partial charge on any atom is -0.285 e. The topological polar surface area (TPSA) is 17.1 Å². The number of hydrogen-bond acceptors (Lipinski definition) is 1. The second-order valence-corrected chi connectivity index (χ2v) is 2.99. The fourth-order valence-corrected chi connectivity index (χ4v) is 1.10. The first kappa shape index (κ1) is 8.91. The third-order valence-electron chi connectivity index (χ3n) is 1.75. The number of halogens is 1. The zero-order chi connectivity index (χ0) is 9.14. The number of hydrogen-bond donors (Lipinski definition) is 0. The molecule has 0 N–H and O–H groups in total. The number of carbonyl (C=O) groups excluding carboxylic acids is 1. The second kappa shape index (κ2) is 3.48. The van der Waals surface area contributed by atoms with Crippen LogP contribution >= 0.6 is 0 Å². The first-order valence-corrected chi connectivity index (χ1v) is 3.82. The van der Waals surface area contributed by atoms with E-state index in [1.54, 1.807) is 6.29 Å². The standard InChI is InChI=1S/C10H10FO/c1-7(2)10-5-9(11)4-3-8(10)6-12/h3-5,7H,1-2H3. The lowest BCUT2D eigenvalue weighted by atomic mass is 9.98. The van der Waals surface area contributed by atoms with E-state index in [2.05, 4.69) is 0 Å². The molecule has 0 bridgehead atoms. The Hall–Kier alpha value is -1.18. The zero-order valence-corrected chi connectivity index (χ0v) is 7.10. The third-order valence-corrected chi connectivity index (χ3v) is 1.75. The minimum absolute atomic E-state index is 0.150. The molecule has 1 radical (unpaired) electrons. The van der Waals surface area contributed by atoms with Gasteiger partial charge in [-0.05, 0) is 29.7 Å². The van der Waals surface area contributed by atoms with Gasteiger partial charge in [0, 0.05) is 5.56 Å². The lowest BCUT2D eigenvalue weighted by molar-refractivity contribution is 0.561. The highest BCUT2D eigenvalue weighted by atomic mass is 19.1. The van der Waals surface area contributed by atoms with Crippen LogP contribution in [0.4, 0.5) is 4.39 Å². The van der Waals surface area contributed by atoms with Crippen LogP contribution in [0, 0.1) is 5.82 Å². The van der Waals surface area contributed by atoms with Crippen molar-refractivity contribution in [2.24, 2.45) is 0 Å². The van der Waals surface area contributed by atoms with Gasteiger partial charge in [0.1, 0.15) is 5.82 Å². The van der Waals surface area contributed by atoms with Crippen molar-refractivity contribution in [3.05, 3.63) is 35.1 Å². The highest BCUT2D eigenvalue weighted by Gasteiger charge is 2.07. The van der Waals surface area contributed by atoms with Gasteiger partial charge in [0.25, 0.3) is 0 Å². The highest BCUT2D eigenvalue weighted by molar-refractivity contribution is 5.77. The van der Waals surface area contributed by atoms with E-state index in [0.29, 0.717) is 11.1 Å². The summed E-state index contributed by atoms with van der Waals surface area (Å²) < 4.78 is 12.7. The maximum absolute atomic E-state index is 12.7. The first-order valence-electron chi connectivity index (χ1n) is 3.82. The van der Waals surface area contributed by atoms with E-state index in [1.165, 1.54) is 18.2 Å². The summed E-state index contributed by atoms with van der Waals surface area (Å²) in [4.78, 5) is 10.4. The molecule has 0 amide bonds. The molecule has 1 rings (SSSR count). The van der Waals surface area contributed by atoms with Crippen molar-refractivity contribution in [3.63, 3.8) is 0 Å². The summed E-state index contributed by atoms with van der Waals surface area (Å²) in [6, 6.07) is 4.11. The van der Waals surface area contributed by atoms with Crippen molar-refractivity contribution in [1.82, 2.24) is 0 Å². The van der Waals surface area contributed by atoms with Gasteiger partial charge in [-0.15, -0.1) is 0 Å². The minimum atomic E-state index is -0.308. The second-order valence-electron chi connectivity index (χ2n) is 2.99. The van der Waals surface area contributed by atoms with E-state index in [4.69, 9.17) is 0 Å². The van der Waals surface area contributed by atoms with Crippen LogP contribution in [0.15, 0.2) is 18.2 Å². The summed E-state index contributed by atoms with van der Waals surface area (Å²) in [5.74, 6) is -0.158. The molecule has 0 aromatic heterocycles. The van der Waals surface area contributed by atoms with Crippen LogP contribution in [0.3, 0.4) is 0 Å². The molecule has 0 unspecified atom stereocenters. The lowest BCUT2D eigenvalue weighted by Gasteiger charge is -2.07. The summed E-state index contributed by atoms with van der Waals surface area (Å²) in [6.07, 6.45) is 1.79. The largest absolute Gasteiger partial charge is 0.285 e. The highest BCUT2D eigenvalue weighted by Crippen LogP contribution is 2.18. The fraction of sp³-hybridized carbons (Fsp3) is 0.300. The van der Waals surface area contributed by atoms with Crippen LogP contribution in [0.5, 0.6) is 0 Å². The lowest BCUT2D eigenvalue weighted by Crippen LogP contribution is -1.95. The van der Waals surface area contributed by atoms with Crippen LogP contribution in [0.1, 0.15) is 30.9 Å². The Balaban J connectivity index is 3.21. The monoisotopic (exact) mass is 165 g/mol. The van der Waals surface area contributed by atoms with E-state index in [9.17, 15) is 9.18 Å². The van der Waals surface area contributed by atoms with Gasteiger partial charge in [0.2, 0.25) is 6.29 Å². The van der Waals surface area contributed by atoms with Gasteiger partial charge >= 0.3 is 0 Å². The van der Waals surface area contributed by atoms with Crippen LogP contribution in [-0.4, -0.2) is 6.29 Å². The van der Waals surface area contributed by atoms with Crippen LogP contribution in [0.25, 0.3) is 0 Å². The molecular weight excluding hydrogens is 155 g/mol. The van der Waals surface area contributed by atoms with Crippen molar-refractivity contribution in [3.8, 4) is 0 Å². The molecule has 0 aliphatic carbocycles. The van der Waals surface area contributed by atoms with Crippen molar-refractivity contribution in [2.75, 3.05) is 0 Å². The maximum atomic E-state index is 12.7. The number of benzene rings is 1. The molecule has 0 heterocycles. The van der Waals surface area contributed by atoms with E-state index >= 15 is 0 Å². The zero-order valence-electron chi connectivity index (χ0n) is 7.10. The molecule has 0 saturated heterocycles. The molecular formula is C10H10FO. The molecule has 0 atom stereocenters. The molecule has 12 heavy (non-hydrogen) atoms. The Morgan fingerprint density at radius 1 is 1.42 bits per heavy atom. The average molecular weight is 165 g/mol. The number of rotatable bonds is 2. The average Bonchev–Trinajstić information content (AvgIpc) is 2.04. The van der Waals surface area contributed by atoms with Crippen molar-refractivity contribution in [2.45, 2.75) is 19.8 Å². The summed E-state index contributed by atoms with van der Waals surface area (Å²) in [6.45, 7) is 3.82. The first-order chi connectivity index (χ1) is 5.65. The molecule has 1 aromatic rings. The van der Waals surface area contributed by atoms with E-state index in [-0.39, 0.29) is 11.7 Å². The predicted molar refractivity (Wildman–Crippen MR) is 45.3 cm³/mol. The molecule has 1 nitrogen and oxygen atoms in total. The molecule has 0 aliphatic rings. The van der Waals surface area contributed by atoms with Gasteiger partial charge in [0.05, 0.1) is 0 Å². The van der Waals surface area contributed by atoms with Crippen molar-refractivity contribution in [1.29, 1.82) is 0 Å². The summed E-state index contributed by atoms with van der Waals surface area (Å²) in [5, 5.41) is 0. The van der Waals surface area contributed by atoms with E-state index in [0.717, 1.165) is 0 Å². The Morgan fingerprint density at radius 3 is 2.58 bits per heavy atom. The summed E-state index contributed by atoms with van der Waals surface area (Å²) >= 11 is 0. The maximum Gasteiger partial charge on any atom is 0.233 e. The van der Waals surface area contributed by atoms with Gasteiger partial charge in [0.15, 0.2) is 0 Å². The van der Waals surface area contributed by atoms with E-state index in [1.807, 2.05) is 13.8 Å². The van der Waals surface area contributed by atoms with Crippen LogP contribution < -0.4 is 0 Å². The van der Waals surface area contributed by atoms with Crippen molar-refractivity contribution >= 4 is 6.29 Å².